The first-order chi connectivity index (χ1) is 16.4. The quantitative estimate of drug-likeness (QED) is 0.715. The molecule has 0 radical (unpaired) electrons. The van der Waals surface area contributed by atoms with E-state index in [1.165, 1.54) is 6.07 Å². The number of carbonyl (C=O) groups is 2. The maximum absolute atomic E-state index is 15.1. The molecule has 2 aromatic carbocycles. The maximum atomic E-state index is 15.1. The van der Waals surface area contributed by atoms with E-state index in [-0.39, 0.29) is 36.2 Å². The average molecular weight is 468 g/mol. The third-order valence-corrected chi connectivity index (χ3v) is 7.36. The van der Waals surface area contributed by atoms with Crippen molar-refractivity contribution in [3.8, 4) is 11.1 Å². The Morgan fingerprint density at radius 2 is 1.68 bits per heavy atom. The van der Waals surface area contributed by atoms with Crippen LogP contribution in [0.15, 0.2) is 42.5 Å². The molecule has 34 heavy (non-hydrogen) atoms. The molecule has 3 aliphatic heterocycles. The van der Waals surface area contributed by atoms with Crippen LogP contribution in [0.1, 0.15) is 48.9 Å². The Kier molecular flexibility index (Phi) is 6.16. The van der Waals surface area contributed by atoms with Crippen LogP contribution in [0.2, 0.25) is 0 Å². The summed E-state index contributed by atoms with van der Waals surface area (Å²) < 4.78 is 21.0. The Morgan fingerprint density at radius 1 is 1.00 bits per heavy atom. The van der Waals surface area contributed by atoms with Gasteiger partial charge >= 0.3 is 6.09 Å². The summed E-state index contributed by atoms with van der Waals surface area (Å²) in [5, 5.41) is 9.98. The number of rotatable bonds is 4. The molecule has 5 rings (SSSR count). The summed E-state index contributed by atoms with van der Waals surface area (Å²) >= 11 is 0. The second kappa shape index (κ2) is 9.25. The van der Waals surface area contributed by atoms with Gasteiger partial charge in [-0.25, -0.2) is 9.18 Å². The van der Waals surface area contributed by atoms with E-state index in [0.29, 0.717) is 42.7 Å². The molecule has 3 aliphatic rings. The van der Waals surface area contributed by atoms with Gasteiger partial charge in [-0.15, -0.1) is 0 Å². The van der Waals surface area contributed by atoms with E-state index in [2.05, 4.69) is 0 Å². The van der Waals surface area contributed by atoms with Gasteiger partial charge in [0.05, 0.1) is 18.3 Å². The molecule has 3 unspecified atom stereocenters. The van der Waals surface area contributed by atoms with Crippen LogP contribution in [0.25, 0.3) is 11.1 Å². The molecule has 7 nitrogen and oxygen atoms in total. The van der Waals surface area contributed by atoms with E-state index in [9.17, 15) is 14.7 Å². The van der Waals surface area contributed by atoms with Gasteiger partial charge < -0.3 is 25.4 Å². The topological polar surface area (TPSA) is 96.1 Å². The van der Waals surface area contributed by atoms with Gasteiger partial charge in [0.15, 0.2) is 0 Å². The summed E-state index contributed by atoms with van der Waals surface area (Å²) in [5.74, 6) is -0.842. The fourth-order valence-electron chi connectivity index (χ4n) is 5.67. The number of piperidine rings is 2. The molecule has 3 atom stereocenters. The highest BCUT2D eigenvalue weighted by atomic mass is 19.1. The SMILES string of the molecule is NC(=O)c1ccc(-c2ccc(N3CCCC(OC(=O)N4C5CCC4CC(O)C5)C3)c(F)c2)cc1. The normalized spacial score (nSPS) is 26.4. The molecule has 180 valence electrons. The number of aliphatic hydroxyl groups excluding tert-OH is 1. The number of hydrogen-bond acceptors (Lipinski definition) is 5. The number of nitrogens with zero attached hydrogens (tertiary/aromatic N) is 2. The Morgan fingerprint density at radius 3 is 2.32 bits per heavy atom. The van der Waals surface area contributed by atoms with E-state index in [1.54, 1.807) is 30.3 Å². The number of fused-ring (bicyclic) bond motifs is 2. The zero-order chi connectivity index (χ0) is 23.8. The smallest absolute Gasteiger partial charge is 0.410 e. The molecule has 3 N–H and O–H groups in total. The molecule has 8 heteroatoms. The number of halogens is 1. The number of carbonyl (C=O) groups excluding carboxylic acids is 2. The molecule has 0 aliphatic carbocycles. The van der Waals surface area contributed by atoms with Crippen molar-refractivity contribution in [1.82, 2.24) is 4.90 Å². The van der Waals surface area contributed by atoms with Gasteiger partial charge in [0.2, 0.25) is 5.91 Å². The minimum Gasteiger partial charge on any atom is -0.444 e. The first-order valence-electron chi connectivity index (χ1n) is 12.0. The fourth-order valence-corrected chi connectivity index (χ4v) is 5.67. The largest absolute Gasteiger partial charge is 0.444 e. The number of amides is 2. The van der Waals surface area contributed by atoms with Gasteiger partial charge in [-0.3, -0.25) is 4.79 Å². The molecule has 2 aromatic rings. The van der Waals surface area contributed by atoms with Crippen LogP contribution < -0.4 is 10.6 Å². The fraction of sp³-hybridized carbons (Fsp3) is 0.462. The zero-order valence-corrected chi connectivity index (χ0v) is 19.0. The number of hydrogen-bond donors (Lipinski definition) is 2. The van der Waals surface area contributed by atoms with Crippen LogP contribution in [-0.2, 0) is 4.74 Å². The highest BCUT2D eigenvalue weighted by molar-refractivity contribution is 5.93. The van der Waals surface area contributed by atoms with Crippen LogP contribution in [-0.4, -0.2) is 59.4 Å². The van der Waals surface area contributed by atoms with Gasteiger partial charge in [-0.05, 0) is 73.9 Å². The number of benzene rings is 2. The summed E-state index contributed by atoms with van der Waals surface area (Å²) in [7, 11) is 0. The molecule has 0 spiro atoms. The zero-order valence-electron chi connectivity index (χ0n) is 19.0. The van der Waals surface area contributed by atoms with E-state index in [1.807, 2.05) is 15.9 Å². The van der Waals surface area contributed by atoms with Crippen molar-refractivity contribution in [2.75, 3.05) is 18.0 Å². The van der Waals surface area contributed by atoms with E-state index in [4.69, 9.17) is 10.5 Å². The van der Waals surface area contributed by atoms with Crippen molar-refractivity contribution >= 4 is 17.7 Å². The minimum atomic E-state index is -0.501. The van der Waals surface area contributed by atoms with Gasteiger partial charge in [-0.2, -0.15) is 0 Å². The summed E-state index contributed by atoms with van der Waals surface area (Å²) in [5.41, 5.74) is 7.68. The van der Waals surface area contributed by atoms with Gasteiger partial charge in [-0.1, -0.05) is 18.2 Å². The standard InChI is InChI=1S/C26H30FN3O4/c27-23-12-18(16-3-5-17(6-4-16)25(28)32)7-10-24(23)29-11-1-2-22(15-29)34-26(33)30-19-8-9-20(30)14-21(31)13-19/h3-7,10,12,19-22,31H,1-2,8-9,11,13-15H2,(H2,28,32). The van der Waals surface area contributed by atoms with Crippen LogP contribution in [0.4, 0.5) is 14.9 Å². The van der Waals surface area contributed by atoms with Gasteiger partial charge in [0.25, 0.3) is 0 Å². The Bertz CT molecular complexity index is 1060. The van der Waals surface area contributed by atoms with Crippen molar-refractivity contribution in [3.05, 3.63) is 53.8 Å². The lowest BCUT2D eigenvalue weighted by Gasteiger charge is -2.39. The second-order valence-corrected chi connectivity index (χ2v) is 9.62. The molecular formula is C26H30FN3O4. The van der Waals surface area contributed by atoms with Crippen molar-refractivity contribution in [3.63, 3.8) is 0 Å². The molecule has 0 saturated carbocycles. The Labute approximate surface area is 198 Å². The van der Waals surface area contributed by atoms with Crippen molar-refractivity contribution in [2.24, 2.45) is 5.73 Å². The summed E-state index contributed by atoms with van der Waals surface area (Å²) in [6.45, 7) is 1.14. The number of primary amides is 1. The molecule has 2 bridgehead atoms. The molecular weight excluding hydrogens is 437 g/mol. The third-order valence-electron chi connectivity index (χ3n) is 7.36. The van der Waals surface area contributed by atoms with Crippen LogP contribution >= 0.6 is 0 Å². The second-order valence-electron chi connectivity index (χ2n) is 9.62. The Balaban J connectivity index is 1.25. The van der Waals surface area contributed by atoms with Crippen LogP contribution in [0.3, 0.4) is 0 Å². The molecule has 3 fully saturated rings. The van der Waals surface area contributed by atoms with E-state index in [0.717, 1.165) is 31.2 Å². The van der Waals surface area contributed by atoms with Crippen molar-refractivity contribution < 1.29 is 23.8 Å². The van der Waals surface area contributed by atoms with E-state index >= 15 is 4.39 Å². The van der Waals surface area contributed by atoms with Crippen LogP contribution in [0, 0.1) is 5.82 Å². The average Bonchev–Trinajstić information content (AvgIpc) is 3.10. The molecule has 3 saturated heterocycles. The molecule has 0 aromatic heterocycles. The molecule has 2 amide bonds. The Hall–Kier alpha value is -3.13. The summed E-state index contributed by atoms with van der Waals surface area (Å²) in [6.07, 6.45) is 3.68. The predicted octanol–water partition coefficient (Wildman–Crippen LogP) is 3.68. The van der Waals surface area contributed by atoms with Gasteiger partial charge in [0.1, 0.15) is 11.9 Å². The third kappa shape index (κ3) is 4.46. The lowest BCUT2D eigenvalue weighted by Crippen LogP contribution is -2.50. The lowest BCUT2D eigenvalue weighted by atomic mass is 10.0. The van der Waals surface area contributed by atoms with Gasteiger partial charge in [0, 0.05) is 24.2 Å². The monoisotopic (exact) mass is 467 g/mol. The van der Waals surface area contributed by atoms with Crippen LogP contribution in [0.5, 0.6) is 0 Å². The highest BCUT2D eigenvalue weighted by Gasteiger charge is 2.44. The number of nitrogens with two attached hydrogens (primary N) is 1. The lowest BCUT2D eigenvalue weighted by molar-refractivity contribution is 0.00639. The van der Waals surface area contributed by atoms with Crippen molar-refractivity contribution in [1.29, 1.82) is 0 Å². The van der Waals surface area contributed by atoms with E-state index < -0.39 is 5.91 Å². The summed E-state index contributed by atoms with van der Waals surface area (Å²) in [4.78, 5) is 27.9. The highest BCUT2D eigenvalue weighted by Crippen LogP contribution is 2.37. The minimum absolute atomic E-state index is 0.0583. The molecule has 3 heterocycles. The first-order valence-corrected chi connectivity index (χ1v) is 12.0. The summed E-state index contributed by atoms with van der Waals surface area (Å²) in [6, 6.07) is 12.0. The number of aliphatic hydroxyl groups is 1. The number of ether oxygens (including phenoxy) is 1. The maximum Gasteiger partial charge on any atom is 0.410 e. The number of anilines is 1. The predicted molar refractivity (Wildman–Crippen MR) is 126 cm³/mol. The first kappa shape index (κ1) is 22.7. The van der Waals surface area contributed by atoms with Crippen molar-refractivity contribution in [2.45, 2.75) is 62.8 Å².